The maximum Gasteiger partial charge on any atom is 0.251 e. The number of hydrogen-bond donors (Lipinski definition) is 2. The largest absolute Gasteiger partial charge is 0.355 e. The number of amides is 1. The minimum Gasteiger partial charge on any atom is -0.355 e. The fourth-order valence-corrected chi connectivity index (χ4v) is 2.08. The molecule has 1 heterocycles. The minimum atomic E-state index is -0.0727. The van der Waals surface area contributed by atoms with Crippen LogP contribution >= 0.6 is 11.8 Å². The summed E-state index contributed by atoms with van der Waals surface area (Å²) < 4.78 is 0. The van der Waals surface area contributed by atoms with Crippen LogP contribution in [0.5, 0.6) is 0 Å². The lowest BCUT2D eigenvalue weighted by Gasteiger charge is -2.03. The molecule has 5 nitrogen and oxygen atoms in total. The number of carbonyl (C=O) groups is 1. The third kappa shape index (κ3) is 3.07. The van der Waals surface area contributed by atoms with E-state index in [0.717, 1.165) is 16.5 Å². The SMILES string of the molecule is CNC(=O)c1cccc(CSc2ncn[nH]2)c1. The van der Waals surface area contributed by atoms with Crippen LogP contribution in [0.25, 0.3) is 0 Å². The van der Waals surface area contributed by atoms with Crippen LogP contribution < -0.4 is 5.32 Å². The number of nitrogens with one attached hydrogen (secondary N) is 2. The molecule has 0 bridgehead atoms. The third-order valence-electron chi connectivity index (χ3n) is 2.18. The van der Waals surface area contributed by atoms with E-state index in [1.165, 1.54) is 6.33 Å². The fraction of sp³-hybridized carbons (Fsp3) is 0.182. The maximum atomic E-state index is 11.5. The molecule has 0 aliphatic rings. The molecule has 17 heavy (non-hydrogen) atoms. The second-order valence-corrected chi connectivity index (χ2v) is 4.32. The van der Waals surface area contributed by atoms with Crippen molar-refractivity contribution in [3.63, 3.8) is 0 Å². The number of aromatic amines is 1. The Kier molecular flexibility index (Phi) is 3.77. The van der Waals surface area contributed by atoms with Gasteiger partial charge < -0.3 is 5.32 Å². The average Bonchev–Trinajstić information content (AvgIpc) is 2.89. The van der Waals surface area contributed by atoms with Gasteiger partial charge in [-0.2, -0.15) is 5.10 Å². The topological polar surface area (TPSA) is 70.7 Å². The number of nitrogens with zero attached hydrogens (tertiary/aromatic N) is 2. The van der Waals surface area contributed by atoms with Crippen LogP contribution in [0.2, 0.25) is 0 Å². The van der Waals surface area contributed by atoms with E-state index in [9.17, 15) is 4.79 Å². The molecule has 0 aliphatic carbocycles. The van der Waals surface area contributed by atoms with Crippen LogP contribution in [-0.4, -0.2) is 28.1 Å². The lowest BCUT2D eigenvalue weighted by Crippen LogP contribution is -2.17. The predicted molar refractivity (Wildman–Crippen MR) is 65.8 cm³/mol. The Morgan fingerprint density at radius 2 is 2.41 bits per heavy atom. The number of aromatic nitrogens is 3. The highest BCUT2D eigenvalue weighted by Gasteiger charge is 2.04. The van der Waals surface area contributed by atoms with Crippen molar-refractivity contribution in [3.8, 4) is 0 Å². The molecule has 0 fully saturated rings. The normalized spacial score (nSPS) is 10.2. The van der Waals surface area contributed by atoms with Gasteiger partial charge >= 0.3 is 0 Å². The summed E-state index contributed by atoms with van der Waals surface area (Å²) in [6.45, 7) is 0. The first-order chi connectivity index (χ1) is 8.29. The molecule has 0 saturated carbocycles. The second-order valence-electron chi connectivity index (χ2n) is 3.36. The van der Waals surface area contributed by atoms with Crippen LogP contribution in [0.15, 0.2) is 35.7 Å². The van der Waals surface area contributed by atoms with Crippen LogP contribution in [-0.2, 0) is 5.75 Å². The smallest absolute Gasteiger partial charge is 0.251 e. The average molecular weight is 248 g/mol. The van der Waals surface area contributed by atoms with E-state index < -0.39 is 0 Å². The Morgan fingerprint density at radius 1 is 1.53 bits per heavy atom. The lowest BCUT2D eigenvalue weighted by molar-refractivity contribution is 0.0963. The van der Waals surface area contributed by atoms with Gasteiger partial charge in [-0.05, 0) is 17.7 Å². The summed E-state index contributed by atoms with van der Waals surface area (Å²) in [7, 11) is 1.62. The zero-order valence-corrected chi connectivity index (χ0v) is 10.1. The monoisotopic (exact) mass is 248 g/mol. The van der Waals surface area contributed by atoms with Gasteiger partial charge in [-0.25, -0.2) is 4.98 Å². The van der Waals surface area contributed by atoms with Crippen LogP contribution in [0.1, 0.15) is 15.9 Å². The Balaban J connectivity index is 2.03. The predicted octanol–water partition coefficient (Wildman–Crippen LogP) is 1.46. The summed E-state index contributed by atoms with van der Waals surface area (Å²) in [6.07, 6.45) is 1.48. The first-order valence-corrected chi connectivity index (χ1v) is 6.07. The van der Waals surface area contributed by atoms with Gasteiger partial charge in [0.05, 0.1) is 0 Å². The first-order valence-electron chi connectivity index (χ1n) is 5.09. The molecular formula is C11H12N4OS. The van der Waals surface area contributed by atoms with Gasteiger partial charge in [-0.3, -0.25) is 9.89 Å². The van der Waals surface area contributed by atoms with Gasteiger partial charge in [0.2, 0.25) is 0 Å². The molecule has 0 aliphatic heterocycles. The van der Waals surface area contributed by atoms with Crippen LogP contribution in [0.3, 0.4) is 0 Å². The van der Waals surface area contributed by atoms with Crippen molar-refractivity contribution in [2.45, 2.75) is 10.9 Å². The molecule has 2 N–H and O–H groups in total. The van der Waals surface area contributed by atoms with Crippen molar-refractivity contribution >= 4 is 17.7 Å². The summed E-state index contributed by atoms with van der Waals surface area (Å²) in [6, 6.07) is 7.53. The summed E-state index contributed by atoms with van der Waals surface area (Å²) in [5.74, 6) is 0.677. The third-order valence-corrected chi connectivity index (χ3v) is 3.13. The Hall–Kier alpha value is -1.82. The first kappa shape index (κ1) is 11.7. The van der Waals surface area contributed by atoms with Crippen LogP contribution in [0, 0.1) is 0 Å². The molecular weight excluding hydrogens is 236 g/mol. The summed E-state index contributed by atoms with van der Waals surface area (Å²) in [5.41, 5.74) is 1.75. The molecule has 2 rings (SSSR count). The summed E-state index contributed by atoms with van der Waals surface area (Å²) in [5, 5.41) is 9.93. The number of H-pyrrole nitrogens is 1. The van der Waals surface area contributed by atoms with Gasteiger partial charge in [0.15, 0.2) is 5.16 Å². The van der Waals surface area contributed by atoms with E-state index in [0.29, 0.717) is 5.56 Å². The zero-order chi connectivity index (χ0) is 12.1. The molecule has 1 aromatic heterocycles. The van der Waals surface area contributed by atoms with E-state index in [4.69, 9.17) is 0 Å². The van der Waals surface area contributed by atoms with Gasteiger partial charge in [0.1, 0.15) is 6.33 Å². The number of thioether (sulfide) groups is 1. The molecule has 0 spiro atoms. The maximum absolute atomic E-state index is 11.5. The number of hydrogen-bond acceptors (Lipinski definition) is 4. The van der Waals surface area contributed by atoms with Crippen molar-refractivity contribution in [3.05, 3.63) is 41.7 Å². The van der Waals surface area contributed by atoms with Gasteiger partial charge in [-0.1, -0.05) is 23.9 Å². The van der Waals surface area contributed by atoms with Gasteiger partial charge in [0, 0.05) is 18.4 Å². The number of rotatable bonds is 4. The van der Waals surface area contributed by atoms with Crippen molar-refractivity contribution < 1.29 is 4.79 Å². The van der Waals surface area contributed by atoms with Crippen molar-refractivity contribution in [2.24, 2.45) is 0 Å². The Morgan fingerprint density at radius 3 is 3.12 bits per heavy atom. The second kappa shape index (κ2) is 5.49. The molecule has 1 amide bonds. The van der Waals surface area contributed by atoms with E-state index in [1.54, 1.807) is 24.9 Å². The number of benzene rings is 1. The molecule has 1 aromatic carbocycles. The Labute approximate surface area is 103 Å². The standard InChI is InChI=1S/C11H12N4OS/c1-12-10(16)9-4-2-3-8(5-9)6-17-11-13-7-14-15-11/h2-5,7H,6H2,1H3,(H,12,16)(H,13,14,15). The molecule has 0 radical (unpaired) electrons. The highest BCUT2D eigenvalue weighted by Crippen LogP contribution is 2.18. The van der Waals surface area contributed by atoms with Gasteiger partial charge in [0.25, 0.3) is 5.91 Å². The highest BCUT2D eigenvalue weighted by molar-refractivity contribution is 7.98. The van der Waals surface area contributed by atoms with E-state index in [-0.39, 0.29) is 5.91 Å². The quantitative estimate of drug-likeness (QED) is 0.804. The zero-order valence-electron chi connectivity index (χ0n) is 9.30. The Bertz CT molecular complexity index is 498. The summed E-state index contributed by atoms with van der Waals surface area (Å²) >= 11 is 1.55. The lowest BCUT2D eigenvalue weighted by atomic mass is 10.1. The van der Waals surface area contributed by atoms with Crippen molar-refractivity contribution in [1.29, 1.82) is 0 Å². The minimum absolute atomic E-state index is 0.0727. The van der Waals surface area contributed by atoms with E-state index in [1.807, 2.05) is 18.2 Å². The van der Waals surface area contributed by atoms with Gasteiger partial charge in [-0.15, -0.1) is 0 Å². The molecule has 0 unspecified atom stereocenters. The summed E-state index contributed by atoms with van der Waals surface area (Å²) in [4.78, 5) is 15.5. The highest BCUT2D eigenvalue weighted by atomic mass is 32.2. The van der Waals surface area contributed by atoms with E-state index >= 15 is 0 Å². The molecule has 0 atom stereocenters. The van der Waals surface area contributed by atoms with Crippen LogP contribution in [0.4, 0.5) is 0 Å². The molecule has 2 aromatic rings. The van der Waals surface area contributed by atoms with Crippen molar-refractivity contribution in [1.82, 2.24) is 20.5 Å². The van der Waals surface area contributed by atoms with Crippen molar-refractivity contribution in [2.75, 3.05) is 7.05 Å². The van der Waals surface area contributed by atoms with E-state index in [2.05, 4.69) is 20.5 Å². The fourth-order valence-electron chi connectivity index (χ4n) is 1.36. The molecule has 6 heteroatoms. The number of carbonyl (C=O) groups excluding carboxylic acids is 1. The molecule has 88 valence electrons. The molecule has 0 saturated heterocycles.